The van der Waals surface area contributed by atoms with E-state index in [0.717, 1.165) is 11.1 Å². The highest BCUT2D eigenvalue weighted by Gasteiger charge is 2.25. The van der Waals surface area contributed by atoms with Crippen LogP contribution < -0.4 is 9.47 Å². The van der Waals surface area contributed by atoms with E-state index in [1.807, 2.05) is 34.6 Å². The van der Waals surface area contributed by atoms with Gasteiger partial charge in [-0.3, -0.25) is 4.79 Å². The van der Waals surface area contributed by atoms with Crippen LogP contribution in [0.4, 0.5) is 0 Å². The second kappa shape index (κ2) is 7.34. The summed E-state index contributed by atoms with van der Waals surface area (Å²) in [6.07, 6.45) is 0. The van der Waals surface area contributed by atoms with Crippen LogP contribution in [0.3, 0.4) is 0 Å². The number of hydrogen-bond acceptors (Lipinski definition) is 4. The minimum absolute atomic E-state index is 0.0269. The van der Waals surface area contributed by atoms with Gasteiger partial charge in [0.05, 0.1) is 0 Å². The maximum absolute atomic E-state index is 11.5. The molecular formula is C18H26O4. The van der Waals surface area contributed by atoms with Gasteiger partial charge in [-0.2, -0.15) is 0 Å². The van der Waals surface area contributed by atoms with Gasteiger partial charge in [-0.25, -0.2) is 0 Å². The summed E-state index contributed by atoms with van der Waals surface area (Å²) >= 11 is 0. The first kappa shape index (κ1) is 18.1. The lowest BCUT2D eigenvalue weighted by atomic mass is 9.92. The topological polar surface area (TPSA) is 55.8 Å². The Labute approximate surface area is 132 Å². The molecule has 0 aromatic heterocycles. The van der Waals surface area contributed by atoms with Gasteiger partial charge in [0.25, 0.3) is 0 Å². The Morgan fingerprint density at radius 2 is 1.77 bits per heavy atom. The normalized spacial score (nSPS) is 10.9. The number of aromatic hydroxyl groups is 1. The molecule has 0 aliphatic carbocycles. The van der Waals surface area contributed by atoms with Crippen molar-refractivity contribution in [2.24, 2.45) is 0 Å². The van der Waals surface area contributed by atoms with Crippen molar-refractivity contribution in [1.82, 2.24) is 0 Å². The fourth-order valence-corrected chi connectivity index (χ4v) is 2.23. The SMILES string of the molecule is C=C(C)COc1c(O)cc(C(C)C)c(OC(C)=O)c1C(C)C. The molecule has 0 amide bonds. The molecule has 0 saturated carbocycles. The van der Waals surface area contributed by atoms with Crippen LogP contribution in [0.1, 0.15) is 64.5 Å². The molecule has 1 aromatic carbocycles. The molecule has 0 heterocycles. The van der Waals surface area contributed by atoms with Crippen LogP contribution >= 0.6 is 0 Å². The van der Waals surface area contributed by atoms with Gasteiger partial charge in [0.1, 0.15) is 12.4 Å². The first-order valence-corrected chi connectivity index (χ1v) is 7.50. The van der Waals surface area contributed by atoms with E-state index < -0.39 is 0 Å². The van der Waals surface area contributed by atoms with Crippen molar-refractivity contribution in [1.29, 1.82) is 0 Å². The fraction of sp³-hybridized carbons (Fsp3) is 0.500. The first-order chi connectivity index (χ1) is 10.1. The molecule has 0 aliphatic heterocycles. The number of phenols is 1. The molecule has 0 atom stereocenters. The van der Waals surface area contributed by atoms with Crippen molar-refractivity contribution >= 4 is 5.97 Å². The van der Waals surface area contributed by atoms with Gasteiger partial charge in [-0.1, -0.05) is 34.3 Å². The Morgan fingerprint density at radius 1 is 1.18 bits per heavy atom. The van der Waals surface area contributed by atoms with Crippen LogP contribution in [0.2, 0.25) is 0 Å². The number of benzene rings is 1. The van der Waals surface area contributed by atoms with Gasteiger partial charge < -0.3 is 14.6 Å². The molecule has 0 aliphatic rings. The van der Waals surface area contributed by atoms with Crippen molar-refractivity contribution in [2.75, 3.05) is 6.61 Å². The maximum Gasteiger partial charge on any atom is 0.308 e. The van der Waals surface area contributed by atoms with E-state index in [1.165, 1.54) is 6.92 Å². The molecule has 4 nitrogen and oxygen atoms in total. The number of esters is 1. The summed E-state index contributed by atoms with van der Waals surface area (Å²) in [4.78, 5) is 11.5. The number of hydrogen-bond donors (Lipinski definition) is 1. The van der Waals surface area contributed by atoms with Crippen LogP contribution in [-0.4, -0.2) is 17.7 Å². The molecule has 22 heavy (non-hydrogen) atoms. The van der Waals surface area contributed by atoms with E-state index in [4.69, 9.17) is 9.47 Å². The number of ether oxygens (including phenoxy) is 2. The molecule has 0 bridgehead atoms. The molecule has 122 valence electrons. The van der Waals surface area contributed by atoms with Crippen molar-refractivity contribution in [3.05, 3.63) is 29.3 Å². The molecule has 0 unspecified atom stereocenters. The minimum Gasteiger partial charge on any atom is -0.504 e. The molecule has 4 heteroatoms. The summed E-state index contributed by atoms with van der Waals surface area (Å²) in [5.74, 6) is 0.655. The Morgan fingerprint density at radius 3 is 2.18 bits per heavy atom. The van der Waals surface area contributed by atoms with Gasteiger partial charge in [-0.15, -0.1) is 0 Å². The fourth-order valence-electron chi connectivity index (χ4n) is 2.23. The third-order valence-electron chi connectivity index (χ3n) is 3.18. The number of phenolic OH excluding ortho intramolecular Hbond substituents is 1. The second-order valence-electron chi connectivity index (χ2n) is 6.21. The lowest BCUT2D eigenvalue weighted by Gasteiger charge is -2.23. The minimum atomic E-state index is -0.389. The Balaban J connectivity index is 3.56. The lowest BCUT2D eigenvalue weighted by molar-refractivity contribution is -0.132. The number of carbonyl (C=O) groups excluding carboxylic acids is 1. The first-order valence-electron chi connectivity index (χ1n) is 7.50. The predicted octanol–water partition coefficient (Wildman–Crippen LogP) is 4.52. The molecule has 1 rings (SSSR count). The van der Waals surface area contributed by atoms with Crippen molar-refractivity contribution in [2.45, 2.75) is 53.4 Å². The van der Waals surface area contributed by atoms with Gasteiger partial charge in [0.15, 0.2) is 11.5 Å². The van der Waals surface area contributed by atoms with E-state index in [-0.39, 0.29) is 23.6 Å². The Hall–Kier alpha value is -1.97. The standard InChI is InChI=1S/C18H26O4/c1-10(2)9-21-18-15(20)8-14(11(3)4)17(22-13(7)19)16(18)12(5)6/h8,11-12,20H,1,9H2,2-7H3. The van der Waals surface area contributed by atoms with E-state index in [0.29, 0.717) is 23.7 Å². The van der Waals surface area contributed by atoms with Crippen molar-refractivity contribution in [3.63, 3.8) is 0 Å². The van der Waals surface area contributed by atoms with Gasteiger partial charge in [0.2, 0.25) is 0 Å². The zero-order valence-electron chi connectivity index (χ0n) is 14.3. The molecule has 1 N–H and O–H groups in total. The molecule has 0 spiro atoms. The summed E-state index contributed by atoms with van der Waals surface area (Å²) < 4.78 is 11.2. The number of carbonyl (C=O) groups is 1. The van der Waals surface area contributed by atoms with E-state index in [1.54, 1.807) is 6.07 Å². The molecule has 0 fully saturated rings. The van der Waals surface area contributed by atoms with Gasteiger partial charge in [0, 0.05) is 18.1 Å². The van der Waals surface area contributed by atoms with Crippen molar-refractivity contribution < 1.29 is 19.4 Å². The lowest BCUT2D eigenvalue weighted by Crippen LogP contribution is -2.11. The van der Waals surface area contributed by atoms with Crippen LogP contribution in [0.15, 0.2) is 18.2 Å². The average molecular weight is 306 g/mol. The second-order valence-corrected chi connectivity index (χ2v) is 6.21. The zero-order chi connectivity index (χ0) is 17.0. The highest BCUT2D eigenvalue weighted by Crippen LogP contribution is 2.46. The largest absolute Gasteiger partial charge is 0.504 e. The molecular weight excluding hydrogens is 280 g/mol. The highest BCUT2D eigenvalue weighted by atomic mass is 16.5. The third kappa shape index (κ3) is 4.26. The Kier molecular flexibility index (Phi) is 6.03. The van der Waals surface area contributed by atoms with Crippen LogP contribution in [-0.2, 0) is 4.79 Å². The third-order valence-corrected chi connectivity index (χ3v) is 3.18. The Bertz CT molecular complexity index is 571. The number of rotatable bonds is 6. The summed E-state index contributed by atoms with van der Waals surface area (Å²) in [6.45, 7) is 15.2. The van der Waals surface area contributed by atoms with Gasteiger partial charge in [-0.05, 0) is 30.4 Å². The van der Waals surface area contributed by atoms with Crippen LogP contribution in [0, 0.1) is 0 Å². The monoisotopic (exact) mass is 306 g/mol. The predicted molar refractivity (Wildman–Crippen MR) is 87.9 cm³/mol. The van der Waals surface area contributed by atoms with Crippen LogP contribution in [0.5, 0.6) is 17.2 Å². The van der Waals surface area contributed by atoms with E-state index in [9.17, 15) is 9.90 Å². The van der Waals surface area contributed by atoms with E-state index >= 15 is 0 Å². The highest BCUT2D eigenvalue weighted by molar-refractivity contribution is 5.72. The summed E-state index contributed by atoms with van der Waals surface area (Å²) in [6, 6.07) is 1.61. The van der Waals surface area contributed by atoms with E-state index in [2.05, 4.69) is 6.58 Å². The average Bonchev–Trinajstić information content (AvgIpc) is 2.36. The molecule has 0 radical (unpaired) electrons. The van der Waals surface area contributed by atoms with Crippen molar-refractivity contribution in [3.8, 4) is 17.2 Å². The van der Waals surface area contributed by atoms with Crippen LogP contribution in [0.25, 0.3) is 0 Å². The smallest absolute Gasteiger partial charge is 0.308 e. The molecule has 0 saturated heterocycles. The zero-order valence-corrected chi connectivity index (χ0v) is 14.3. The quantitative estimate of drug-likeness (QED) is 0.477. The summed E-state index contributed by atoms with van der Waals surface area (Å²) in [5, 5.41) is 10.3. The molecule has 1 aromatic rings. The maximum atomic E-state index is 11.5. The summed E-state index contributed by atoms with van der Waals surface area (Å²) in [7, 11) is 0. The summed E-state index contributed by atoms with van der Waals surface area (Å²) in [5.41, 5.74) is 2.34. The van der Waals surface area contributed by atoms with Gasteiger partial charge >= 0.3 is 5.97 Å².